The van der Waals surface area contributed by atoms with E-state index in [0.717, 1.165) is 0 Å². The van der Waals surface area contributed by atoms with Crippen LogP contribution in [-0.4, -0.2) is 18.6 Å². The number of rotatable bonds is 4. The summed E-state index contributed by atoms with van der Waals surface area (Å²) in [5, 5.41) is 8.71. The second-order valence-electron chi connectivity index (χ2n) is 3.18. The van der Waals surface area contributed by atoms with E-state index >= 15 is 0 Å². The number of hydrogen-bond donors (Lipinski definition) is 1. The molecule has 0 heterocycles. The van der Waals surface area contributed by atoms with Gasteiger partial charge in [0, 0.05) is 6.04 Å². The summed E-state index contributed by atoms with van der Waals surface area (Å²) in [5.41, 5.74) is 5.68. The van der Waals surface area contributed by atoms with Crippen LogP contribution in [0.25, 0.3) is 0 Å². The molecule has 0 aromatic heterocycles. The zero-order valence-electron chi connectivity index (χ0n) is 8.28. The van der Waals surface area contributed by atoms with Crippen LogP contribution in [0.3, 0.4) is 0 Å². The first kappa shape index (κ1) is 11.9. The molecule has 13 heavy (non-hydrogen) atoms. The van der Waals surface area contributed by atoms with Gasteiger partial charge in [0.05, 0.1) is 12.7 Å². The molecule has 2 atom stereocenters. The summed E-state index contributed by atoms with van der Waals surface area (Å²) in [4.78, 5) is 11.2. The number of nitrogens with zero attached hydrogens (tertiary/aromatic N) is 1. The van der Waals surface area contributed by atoms with Gasteiger partial charge in [-0.15, -0.1) is 0 Å². The number of nitriles is 1. The summed E-state index contributed by atoms with van der Waals surface area (Å²) in [6.07, 6.45) is 0. The molecule has 0 unspecified atom stereocenters. The van der Waals surface area contributed by atoms with Crippen LogP contribution in [0, 0.1) is 23.2 Å². The average Bonchev–Trinajstić information content (AvgIpc) is 2.05. The van der Waals surface area contributed by atoms with E-state index in [2.05, 4.69) is 0 Å². The highest BCUT2D eigenvalue weighted by Gasteiger charge is 2.28. The van der Waals surface area contributed by atoms with Crippen LogP contribution in [-0.2, 0) is 9.53 Å². The Morgan fingerprint density at radius 3 is 2.46 bits per heavy atom. The fraction of sp³-hybridized carbons (Fsp3) is 0.778. The molecule has 0 aromatic carbocycles. The van der Waals surface area contributed by atoms with E-state index in [1.807, 2.05) is 19.9 Å². The molecule has 0 saturated heterocycles. The lowest BCUT2D eigenvalue weighted by atomic mass is 9.92. The molecule has 2 N–H and O–H groups in total. The van der Waals surface area contributed by atoms with Gasteiger partial charge in [0.2, 0.25) is 0 Å². The lowest BCUT2D eigenvalue weighted by molar-refractivity contribution is -0.146. The van der Waals surface area contributed by atoms with Crippen LogP contribution < -0.4 is 5.73 Å². The zero-order valence-corrected chi connectivity index (χ0v) is 8.28. The molecule has 0 aliphatic carbocycles. The Morgan fingerprint density at radius 2 is 2.15 bits per heavy atom. The van der Waals surface area contributed by atoms with Crippen molar-refractivity contribution in [2.45, 2.75) is 26.8 Å². The van der Waals surface area contributed by atoms with E-state index in [1.54, 1.807) is 6.92 Å². The fourth-order valence-electron chi connectivity index (χ4n) is 0.913. The minimum atomic E-state index is -0.847. The second-order valence-corrected chi connectivity index (χ2v) is 3.18. The van der Waals surface area contributed by atoms with Gasteiger partial charge in [0.1, 0.15) is 0 Å². The van der Waals surface area contributed by atoms with Crippen LogP contribution >= 0.6 is 0 Å². The van der Waals surface area contributed by atoms with E-state index in [4.69, 9.17) is 15.7 Å². The van der Waals surface area contributed by atoms with Gasteiger partial charge in [-0.1, -0.05) is 13.8 Å². The molecule has 0 aliphatic rings. The van der Waals surface area contributed by atoms with Gasteiger partial charge in [-0.3, -0.25) is 4.79 Å². The van der Waals surface area contributed by atoms with Crippen molar-refractivity contribution in [3.63, 3.8) is 0 Å². The molecule has 4 heteroatoms. The smallest absolute Gasteiger partial charge is 0.324 e. The van der Waals surface area contributed by atoms with Gasteiger partial charge in [-0.2, -0.15) is 5.26 Å². The van der Waals surface area contributed by atoms with Crippen LogP contribution in [0.15, 0.2) is 0 Å². The molecular weight excluding hydrogens is 168 g/mol. The van der Waals surface area contributed by atoms with Crippen molar-refractivity contribution < 1.29 is 9.53 Å². The Labute approximate surface area is 78.7 Å². The van der Waals surface area contributed by atoms with Gasteiger partial charge in [-0.05, 0) is 12.8 Å². The highest BCUT2D eigenvalue weighted by atomic mass is 16.5. The lowest BCUT2D eigenvalue weighted by Gasteiger charge is -2.19. The molecular formula is C9H16N2O2. The Hall–Kier alpha value is -1.08. The average molecular weight is 184 g/mol. The minimum absolute atomic E-state index is 0.0917. The third-order valence-corrected chi connectivity index (χ3v) is 1.83. The van der Waals surface area contributed by atoms with Crippen molar-refractivity contribution in [3.8, 4) is 6.07 Å². The summed E-state index contributed by atoms with van der Waals surface area (Å²) in [7, 11) is 0. The van der Waals surface area contributed by atoms with Gasteiger partial charge >= 0.3 is 5.97 Å². The first-order chi connectivity index (χ1) is 6.04. The molecule has 0 aliphatic heterocycles. The summed E-state index contributed by atoms with van der Waals surface area (Å²) in [5.74, 6) is -1.28. The highest BCUT2D eigenvalue weighted by molar-refractivity contribution is 5.76. The Balaban J connectivity index is 4.35. The maximum atomic E-state index is 11.2. The SMILES string of the molecule is CCOC(=O)[C@@H](C#N)[C@H](N)C(C)C. The molecule has 0 radical (unpaired) electrons. The normalized spacial score (nSPS) is 14.8. The van der Waals surface area contributed by atoms with Crippen molar-refractivity contribution in [1.82, 2.24) is 0 Å². The third kappa shape index (κ3) is 3.43. The Kier molecular flexibility index (Phi) is 5.09. The standard InChI is InChI=1S/C9H16N2O2/c1-4-13-9(12)7(5-10)8(11)6(2)3/h6-8H,4,11H2,1-3H3/t7-,8+/m0/s1. The number of esters is 1. The summed E-state index contributed by atoms with van der Waals surface area (Å²) < 4.78 is 4.72. The largest absolute Gasteiger partial charge is 0.465 e. The molecule has 0 rings (SSSR count). The first-order valence-corrected chi connectivity index (χ1v) is 4.36. The summed E-state index contributed by atoms with van der Waals surface area (Å²) >= 11 is 0. The third-order valence-electron chi connectivity index (χ3n) is 1.83. The van der Waals surface area contributed by atoms with Crippen molar-refractivity contribution >= 4 is 5.97 Å². The lowest BCUT2D eigenvalue weighted by Crippen LogP contribution is -2.39. The van der Waals surface area contributed by atoms with Crippen LogP contribution in [0.4, 0.5) is 0 Å². The van der Waals surface area contributed by atoms with Gasteiger partial charge in [-0.25, -0.2) is 0 Å². The molecule has 0 spiro atoms. The topological polar surface area (TPSA) is 76.1 Å². The summed E-state index contributed by atoms with van der Waals surface area (Å²) in [6, 6.07) is 1.41. The van der Waals surface area contributed by atoms with Gasteiger partial charge < -0.3 is 10.5 Å². The number of carbonyl (C=O) groups excluding carboxylic acids is 1. The monoisotopic (exact) mass is 184 g/mol. The van der Waals surface area contributed by atoms with Crippen LogP contribution in [0.2, 0.25) is 0 Å². The Morgan fingerprint density at radius 1 is 1.62 bits per heavy atom. The number of nitrogens with two attached hydrogens (primary N) is 1. The van der Waals surface area contributed by atoms with E-state index in [9.17, 15) is 4.79 Å². The number of carbonyl (C=O) groups is 1. The molecule has 0 saturated carbocycles. The molecule has 74 valence electrons. The zero-order chi connectivity index (χ0) is 10.4. The predicted molar refractivity (Wildman–Crippen MR) is 48.5 cm³/mol. The first-order valence-electron chi connectivity index (χ1n) is 4.36. The molecule has 0 aromatic rings. The maximum absolute atomic E-state index is 11.2. The van der Waals surface area contributed by atoms with Gasteiger partial charge in [0.25, 0.3) is 0 Å². The molecule has 0 bridgehead atoms. The van der Waals surface area contributed by atoms with E-state index in [1.165, 1.54) is 0 Å². The van der Waals surface area contributed by atoms with Crippen molar-refractivity contribution in [2.24, 2.45) is 17.6 Å². The van der Waals surface area contributed by atoms with Crippen LogP contribution in [0.1, 0.15) is 20.8 Å². The molecule has 0 fully saturated rings. The predicted octanol–water partition coefficient (Wildman–Crippen LogP) is 0.673. The Bertz CT molecular complexity index is 208. The fourth-order valence-corrected chi connectivity index (χ4v) is 0.913. The van der Waals surface area contributed by atoms with Crippen molar-refractivity contribution in [2.75, 3.05) is 6.61 Å². The van der Waals surface area contributed by atoms with Crippen molar-refractivity contribution in [1.29, 1.82) is 5.26 Å². The van der Waals surface area contributed by atoms with E-state index < -0.39 is 17.9 Å². The van der Waals surface area contributed by atoms with Crippen LogP contribution in [0.5, 0.6) is 0 Å². The maximum Gasteiger partial charge on any atom is 0.324 e. The molecule has 4 nitrogen and oxygen atoms in total. The van der Waals surface area contributed by atoms with E-state index in [-0.39, 0.29) is 12.5 Å². The van der Waals surface area contributed by atoms with Gasteiger partial charge in [0.15, 0.2) is 5.92 Å². The molecule has 0 amide bonds. The second kappa shape index (κ2) is 5.55. The van der Waals surface area contributed by atoms with Crippen molar-refractivity contribution in [3.05, 3.63) is 0 Å². The van der Waals surface area contributed by atoms with E-state index in [0.29, 0.717) is 0 Å². The number of hydrogen-bond acceptors (Lipinski definition) is 4. The minimum Gasteiger partial charge on any atom is -0.465 e. The number of ether oxygens (including phenoxy) is 1. The summed E-state index contributed by atoms with van der Waals surface area (Å²) in [6.45, 7) is 5.72. The quantitative estimate of drug-likeness (QED) is 0.651. The highest BCUT2D eigenvalue weighted by Crippen LogP contribution is 2.11.